The highest BCUT2D eigenvalue weighted by atomic mass is 31.1. The van der Waals surface area contributed by atoms with E-state index in [1.165, 1.54) is 0 Å². The van der Waals surface area contributed by atoms with Gasteiger partial charge < -0.3 is 4.89 Å². The number of terminal acetylenes is 1. The summed E-state index contributed by atoms with van der Waals surface area (Å²) in [4.78, 5) is 7.96. The van der Waals surface area contributed by atoms with Crippen molar-refractivity contribution in [3.05, 3.63) is 0 Å². The van der Waals surface area contributed by atoms with Crippen molar-refractivity contribution in [2.45, 2.75) is 0 Å². The first kappa shape index (κ1) is 5.75. The first-order chi connectivity index (χ1) is 2.77. The van der Waals surface area contributed by atoms with Gasteiger partial charge in [-0.1, -0.05) is 5.92 Å². The molecule has 1 unspecified atom stereocenters. The maximum Gasteiger partial charge on any atom is 0.200 e. The fourth-order valence-electron chi connectivity index (χ4n) is 0.0873. The van der Waals surface area contributed by atoms with E-state index in [1.54, 1.807) is 0 Å². The summed E-state index contributed by atoms with van der Waals surface area (Å²) in [6.07, 6.45) is 4.65. The number of rotatable bonds is 1. The van der Waals surface area contributed by atoms with Crippen LogP contribution in [0.4, 0.5) is 0 Å². The van der Waals surface area contributed by atoms with E-state index in [0.29, 0.717) is 0 Å². The van der Waals surface area contributed by atoms with Gasteiger partial charge in [-0.25, -0.2) is 0 Å². The Kier molecular flexibility index (Phi) is 2.84. The quantitative estimate of drug-likeness (QED) is 0.378. The highest BCUT2D eigenvalue weighted by Gasteiger charge is 1.80. The topological polar surface area (TPSA) is 37.3 Å². The zero-order valence-electron chi connectivity index (χ0n) is 3.14. The van der Waals surface area contributed by atoms with Gasteiger partial charge in [-0.15, -0.1) is 6.42 Å². The van der Waals surface area contributed by atoms with Crippen LogP contribution in [-0.2, 0) is 4.57 Å². The smallest absolute Gasteiger partial charge is 0.200 e. The molecule has 1 atom stereocenters. The highest BCUT2D eigenvalue weighted by molar-refractivity contribution is 7.38. The fraction of sp³-hybridized carbons (Fsp3) is 0.333. The summed E-state index contributed by atoms with van der Waals surface area (Å²) in [6.45, 7) is 0. The van der Waals surface area contributed by atoms with Crippen molar-refractivity contribution in [3.8, 4) is 12.3 Å². The maximum atomic E-state index is 9.64. The summed E-state index contributed by atoms with van der Waals surface area (Å²) in [5.74, 6) is 2.05. The van der Waals surface area contributed by atoms with E-state index >= 15 is 0 Å². The Morgan fingerprint density at radius 3 is 2.50 bits per heavy atom. The summed E-state index contributed by atoms with van der Waals surface area (Å²) in [6, 6.07) is 0. The van der Waals surface area contributed by atoms with Crippen molar-refractivity contribution in [3.63, 3.8) is 0 Å². The van der Waals surface area contributed by atoms with Gasteiger partial charge >= 0.3 is 0 Å². The molecule has 0 amide bonds. The van der Waals surface area contributed by atoms with Gasteiger partial charge in [-0.05, 0) is 0 Å². The molecule has 0 rings (SSSR count). The van der Waals surface area contributed by atoms with Gasteiger partial charge in [-0.3, -0.25) is 4.57 Å². The lowest BCUT2D eigenvalue weighted by Gasteiger charge is -1.74. The summed E-state index contributed by atoms with van der Waals surface area (Å²) in [5.41, 5.74) is 0. The summed E-state index contributed by atoms with van der Waals surface area (Å²) < 4.78 is 9.64. The summed E-state index contributed by atoms with van der Waals surface area (Å²) in [7, 11) is -2.37. The SMILES string of the molecule is C#CC[PH](=O)O. The van der Waals surface area contributed by atoms with Gasteiger partial charge in [0.1, 0.15) is 0 Å². The van der Waals surface area contributed by atoms with E-state index < -0.39 is 8.03 Å². The summed E-state index contributed by atoms with van der Waals surface area (Å²) >= 11 is 0. The predicted molar refractivity (Wildman–Crippen MR) is 24.9 cm³/mol. The van der Waals surface area contributed by atoms with Gasteiger partial charge in [0.15, 0.2) is 0 Å². The average molecular weight is 104 g/mol. The van der Waals surface area contributed by atoms with E-state index in [1.807, 2.05) is 5.92 Å². The molecule has 0 aromatic rings. The van der Waals surface area contributed by atoms with Crippen molar-refractivity contribution in [1.29, 1.82) is 0 Å². The second kappa shape index (κ2) is 2.96. The lowest BCUT2D eigenvalue weighted by molar-refractivity contribution is 0.506. The van der Waals surface area contributed by atoms with Crippen LogP contribution in [-0.4, -0.2) is 11.1 Å². The van der Waals surface area contributed by atoms with Gasteiger partial charge in [0, 0.05) is 0 Å². The number of hydrogen-bond donors (Lipinski definition) is 1. The zero-order valence-corrected chi connectivity index (χ0v) is 4.14. The van der Waals surface area contributed by atoms with Crippen LogP contribution in [0.25, 0.3) is 0 Å². The van der Waals surface area contributed by atoms with Crippen molar-refractivity contribution < 1.29 is 9.46 Å². The molecule has 2 nitrogen and oxygen atoms in total. The molecule has 0 saturated carbocycles. The molecule has 0 aliphatic rings. The Bertz CT molecular complexity index is 91.5. The lowest BCUT2D eigenvalue weighted by Crippen LogP contribution is -1.62. The third-order valence-corrected chi connectivity index (χ3v) is 0.760. The number of hydrogen-bond acceptors (Lipinski definition) is 1. The molecule has 0 aliphatic carbocycles. The van der Waals surface area contributed by atoms with Crippen LogP contribution in [0.5, 0.6) is 0 Å². The van der Waals surface area contributed by atoms with Crippen molar-refractivity contribution in [1.82, 2.24) is 0 Å². The molecule has 1 N–H and O–H groups in total. The minimum absolute atomic E-state index is 0.00463. The van der Waals surface area contributed by atoms with Crippen molar-refractivity contribution in [2.75, 3.05) is 6.16 Å². The second-order valence-electron chi connectivity index (χ2n) is 0.775. The van der Waals surface area contributed by atoms with E-state index in [0.717, 1.165) is 0 Å². The van der Waals surface area contributed by atoms with Crippen LogP contribution in [0.15, 0.2) is 0 Å². The standard InChI is InChI=1S/C3H5O2P/c1-2-3-6(4)5/h1,6H,3H2,(H,4,5). The molecule has 34 valence electrons. The van der Waals surface area contributed by atoms with Crippen molar-refractivity contribution in [2.24, 2.45) is 0 Å². The van der Waals surface area contributed by atoms with Gasteiger partial charge in [0.05, 0.1) is 6.16 Å². The van der Waals surface area contributed by atoms with E-state index in [4.69, 9.17) is 4.89 Å². The van der Waals surface area contributed by atoms with E-state index in [2.05, 4.69) is 6.42 Å². The molecule has 0 heterocycles. The van der Waals surface area contributed by atoms with Gasteiger partial charge in [0.25, 0.3) is 0 Å². The normalized spacial score (nSPS) is 12.7. The van der Waals surface area contributed by atoms with Crippen LogP contribution >= 0.6 is 8.03 Å². The molecule has 6 heavy (non-hydrogen) atoms. The molecule has 3 heteroatoms. The van der Waals surface area contributed by atoms with Crippen LogP contribution in [0.1, 0.15) is 0 Å². The van der Waals surface area contributed by atoms with E-state index in [-0.39, 0.29) is 6.16 Å². The van der Waals surface area contributed by atoms with Crippen LogP contribution in [0.3, 0.4) is 0 Å². The third kappa shape index (κ3) is 3.75. The van der Waals surface area contributed by atoms with Crippen molar-refractivity contribution >= 4 is 8.03 Å². The maximum absolute atomic E-state index is 9.64. The summed E-state index contributed by atoms with van der Waals surface area (Å²) in [5, 5.41) is 0. The Morgan fingerprint density at radius 2 is 2.50 bits per heavy atom. The fourth-order valence-corrected chi connectivity index (χ4v) is 0.262. The Balaban J connectivity index is 3.13. The highest BCUT2D eigenvalue weighted by Crippen LogP contribution is 2.08. The Hall–Kier alpha value is -0.250. The molecule has 0 aromatic carbocycles. The molecule has 0 bridgehead atoms. The molecule has 0 saturated heterocycles. The minimum Gasteiger partial charge on any atom is -0.346 e. The first-order valence-electron chi connectivity index (χ1n) is 1.42. The van der Waals surface area contributed by atoms with Gasteiger partial charge in [-0.2, -0.15) is 0 Å². The molecule has 0 aromatic heterocycles. The molecule has 0 fully saturated rings. The monoisotopic (exact) mass is 104 g/mol. The van der Waals surface area contributed by atoms with E-state index in [9.17, 15) is 4.57 Å². The van der Waals surface area contributed by atoms with Crippen LogP contribution < -0.4 is 0 Å². The molecule has 0 aliphatic heterocycles. The zero-order chi connectivity index (χ0) is 4.99. The average Bonchev–Trinajstić information content (AvgIpc) is 1.35. The minimum atomic E-state index is -2.37. The Labute approximate surface area is 37.1 Å². The van der Waals surface area contributed by atoms with Crippen LogP contribution in [0.2, 0.25) is 0 Å². The second-order valence-corrected chi connectivity index (χ2v) is 1.92. The first-order valence-corrected chi connectivity index (χ1v) is 2.99. The largest absolute Gasteiger partial charge is 0.346 e. The molecular formula is C3H5O2P. The third-order valence-electron chi connectivity index (χ3n) is 0.253. The molecule has 0 radical (unpaired) electrons. The molecular weight excluding hydrogens is 99.0 g/mol. The van der Waals surface area contributed by atoms with Crippen LogP contribution in [0, 0.1) is 12.3 Å². The lowest BCUT2D eigenvalue weighted by atomic mass is 10.8. The molecule has 0 spiro atoms. The Morgan fingerprint density at radius 1 is 2.00 bits per heavy atom. The van der Waals surface area contributed by atoms with Gasteiger partial charge in [0.2, 0.25) is 8.03 Å². The predicted octanol–water partition coefficient (Wildman–Crippen LogP) is 0.0866.